The van der Waals surface area contributed by atoms with E-state index in [-0.39, 0.29) is 17.1 Å². The van der Waals surface area contributed by atoms with Crippen molar-refractivity contribution in [3.05, 3.63) is 46.8 Å². The number of fused-ring (bicyclic) bond motifs is 1. The molecule has 2 unspecified atom stereocenters. The first kappa shape index (κ1) is 20.3. The number of nitrogens with two attached hydrogens (primary N) is 1. The van der Waals surface area contributed by atoms with Crippen LogP contribution in [0.25, 0.3) is 16.7 Å². The van der Waals surface area contributed by atoms with Crippen molar-refractivity contribution in [2.75, 3.05) is 0 Å². The summed E-state index contributed by atoms with van der Waals surface area (Å²) in [7, 11) is 1.77. The van der Waals surface area contributed by atoms with Crippen molar-refractivity contribution in [1.29, 1.82) is 0 Å². The van der Waals surface area contributed by atoms with E-state index in [1.54, 1.807) is 22.4 Å². The van der Waals surface area contributed by atoms with Crippen molar-refractivity contribution in [1.82, 2.24) is 19.0 Å². The van der Waals surface area contributed by atoms with Crippen LogP contribution in [0.1, 0.15) is 45.7 Å². The number of hydrogen-bond donors (Lipinski definition) is 1. The van der Waals surface area contributed by atoms with Gasteiger partial charge in [-0.05, 0) is 42.4 Å². The van der Waals surface area contributed by atoms with Crippen LogP contribution >= 0.6 is 0 Å². The molecule has 2 N–H and O–H groups in total. The molecule has 1 aliphatic heterocycles. The lowest BCUT2D eigenvalue weighted by Crippen LogP contribution is -2.45. The van der Waals surface area contributed by atoms with Gasteiger partial charge in [-0.3, -0.25) is 13.9 Å². The highest BCUT2D eigenvalue weighted by molar-refractivity contribution is 5.79. The van der Waals surface area contributed by atoms with Gasteiger partial charge in [0, 0.05) is 25.8 Å². The van der Waals surface area contributed by atoms with Crippen molar-refractivity contribution in [3.63, 3.8) is 0 Å². The monoisotopic (exact) mass is 411 g/mol. The number of aryl methyl sites for hydroxylation is 1. The van der Waals surface area contributed by atoms with E-state index in [2.05, 4.69) is 26.8 Å². The minimum absolute atomic E-state index is 0.00576. The molecule has 8 nitrogen and oxygen atoms in total. The first-order valence-corrected chi connectivity index (χ1v) is 10.3. The van der Waals surface area contributed by atoms with E-state index in [0.717, 1.165) is 36.0 Å². The molecular formula is C22H29N5O3. The van der Waals surface area contributed by atoms with Crippen LogP contribution < -0.4 is 11.4 Å². The van der Waals surface area contributed by atoms with Gasteiger partial charge in [-0.25, -0.2) is 9.78 Å². The summed E-state index contributed by atoms with van der Waals surface area (Å²) in [5, 5.41) is 0. The predicted octanol–water partition coefficient (Wildman–Crippen LogP) is 2.33. The zero-order chi connectivity index (χ0) is 21.6. The number of rotatable bonds is 4. The van der Waals surface area contributed by atoms with Crippen LogP contribution in [0.5, 0.6) is 0 Å². The van der Waals surface area contributed by atoms with Gasteiger partial charge in [0.2, 0.25) is 0 Å². The summed E-state index contributed by atoms with van der Waals surface area (Å²) in [4.78, 5) is 31.0. The summed E-state index contributed by atoms with van der Waals surface area (Å²) < 4.78 is 8.74. The molecule has 1 aliphatic carbocycles. The second-order valence-corrected chi connectivity index (χ2v) is 9.31. The molecule has 0 spiro atoms. The van der Waals surface area contributed by atoms with Gasteiger partial charge in [-0.1, -0.05) is 26.8 Å². The van der Waals surface area contributed by atoms with E-state index < -0.39 is 12.1 Å². The molecule has 2 aromatic rings. The molecule has 2 atom stereocenters. The Morgan fingerprint density at radius 3 is 2.73 bits per heavy atom. The summed E-state index contributed by atoms with van der Waals surface area (Å²) in [6.45, 7) is 6.99. The quantitative estimate of drug-likeness (QED) is 0.833. The van der Waals surface area contributed by atoms with Gasteiger partial charge in [0.05, 0.1) is 11.2 Å². The second kappa shape index (κ2) is 7.34. The highest BCUT2D eigenvalue weighted by Gasteiger charge is 2.33. The molecule has 0 bridgehead atoms. The molecular weight excluding hydrogens is 382 g/mol. The van der Waals surface area contributed by atoms with E-state index in [0.29, 0.717) is 12.2 Å². The fourth-order valence-corrected chi connectivity index (χ4v) is 4.26. The van der Waals surface area contributed by atoms with Gasteiger partial charge in [-0.2, -0.15) is 0 Å². The molecule has 4 rings (SSSR count). The summed E-state index contributed by atoms with van der Waals surface area (Å²) in [6, 6.07) is 4.15. The maximum absolute atomic E-state index is 12.7. The highest BCUT2D eigenvalue weighted by Crippen LogP contribution is 2.31. The van der Waals surface area contributed by atoms with Crippen LogP contribution in [0.2, 0.25) is 0 Å². The molecule has 0 fully saturated rings. The minimum atomic E-state index is -0.725. The molecule has 1 amide bonds. The number of allylic oxidation sites excluding steroid dienone is 1. The van der Waals surface area contributed by atoms with Gasteiger partial charge >= 0.3 is 5.69 Å². The third-order valence-electron chi connectivity index (χ3n) is 5.70. The van der Waals surface area contributed by atoms with Crippen molar-refractivity contribution < 1.29 is 9.53 Å². The fraction of sp³-hybridized carbons (Fsp3) is 0.500. The third kappa shape index (κ3) is 3.62. The van der Waals surface area contributed by atoms with E-state index >= 15 is 0 Å². The number of pyridine rings is 1. The Hall–Kier alpha value is -3.03. The zero-order valence-corrected chi connectivity index (χ0v) is 18.0. The average molecular weight is 412 g/mol. The maximum Gasteiger partial charge on any atom is 0.330 e. The molecule has 160 valence electrons. The van der Waals surface area contributed by atoms with Gasteiger partial charge in [0.25, 0.3) is 12.1 Å². The van der Waals surface area contributed by atoms with Crippen molar-refractivity contribution in [2.45, 2.75) is 58.8 Å². The molecule has 2 aliphatic rings. The number of imidazole rings is 1. The fourth-order valence-electron chi connectivity index (χ4n) is 4.26. The predicted molar refractivity (Wildman–Crippen MR) is 115 cm³/mol. The molecule has 8 heteroatoms. The smallest absolute Gasteiger partial charge is 0.330 e. The topological polar surface area (TPSA) is 95.4 Å². The Labute approximate surface area is 175 Å². The number of hydrogen-bond acceptors (Lipinski definition) is 5. The van der Waals surface area contributed by atoms with Crippen LogP contribution in [0, 0.1) is 5.41 Å². The number of aromatic nitrogens is 3. The Morgan fingerprint density at radius 1 is 1.33 bits per heavy atom. The van der Waals surface area contributed by atoms with Crippen LogP contribution in [-0.4, -0.2) is 37.2 Å². The number of amides is 1. The Morgan fingerprint density at radius 2 is 2.10 bits per heavy atom. The van der Waals surface area contributed by atoms with Crippen LogP contribution in [-0.2, 0) is 23.1 Å². The van der Waals surface area contributed by atoms with Crippen molar-refractivity contribution in [2.24, 2.45) is 18.2 Å². The molecule has 0 aromatic carbocycles. The summed E-state index contributed by atoms with van der Waals surface area (Å²) in [6.07, 6.45) is 7.22. The Balaban J connectivity index is 1.59. The lowest BCUT2D eigenvalue weighted by molar-refractivity contribution is -0.133. The lowest BCUT2D eigenvalue weighted by Gasteiger charge is -2.32. The molecule has 30 heavy (non-hydrogen) atoms. The third-order valence-corrected chi connectivity index (χ3v) is 5.70. The first-order valence-electron chi connectivity index (χ1n) is 10.3. The summed E-state index contributed by atoms with van der Waals surface area (Å²) in [5.41, 5.74) is 9.00. The van der Waals surface area contributed by atoms with Crippen LogP contribution in [0.15, 0.2) is 35.5 Å². The number of carbonyl (C=O) groups excluding carboxylic acids is 1. The average Bonchev–Trinajstić information content (AvgIpc) is 3.27. The Kier molecular flexibility index (Phi) is 4.95. The molecule has 0 radical (unpaired) electrons. The van der Waals surface area contributed by atoms with E-state index in [9.17, 15) is 9.59 Å². The van der Waals surface area contributed by atoms with E-state index in [4.69, 9.17) is 15.5 Å². The SMILES string of the molecule is Cn1c(=O)n(CC(C)(C)C)c2ccc(C3=CCC(N4C=COC4C(N)=O)CC3)nc21. The van der Waals surface area contributed by atoms with Gasteiger partial charge in [-0.15, -0.1) is 0 Å². The minimum Gasteiger partial charge on any atom is -0.467 e. The largest absolute Gasteiger partial charge is 0.467 e. The maximum atomic E-state index is 12.7. The highest BCUT2D eigenvalue weighted by atomic mass is 16.5. The second-order valence-electron chi connectivity index (χ2n) is 9.31. The van der Waals surface area contributed by atoms with Crippen molar-refractivity contribution >= 4 is 22.6 Å². The number of carbonyl (C=O) groups is 1. The summed E-state index contributed by atoms with van der Waals surface area (Å²) in [5.74, 6) is -0.484. The Bertz CT molecular complexity index is 1100. The lowest BCUT2D eigenvalue weighted by atomic mass is 9.92. The first-order chi connectivity index (χ1) is 14.2. The molecule has 2 aromatic heterocycles. The van der Waals surface area contributed by atoms with E-state index in [1.807, 2.05) is 17.0 Å². The van der Waals surface area contributed by atoms with Gasteiger partial charge in [0.1, 0.15) is 6.26 Å². The summed E-state index contributed by atoms with van der Waals surface area (Å²) >= 11 is 0. The number of nitrogens with zero attached hydrogens (tertiary/aromatic N) is 4. The normalized spacial score (nSPS) is 21.7. The van der Waals surface area contributed by atoms with Gasteiger partial charge in [0.15, 0.2) is 5.65 Å². The van der Waals surface area contributed by atoms with Crippen LogP contribution in [0.3, 0.4) is 0 Å². The van der Waals surface area contributed by atoms with E-state index in [1.165, 1.54) is 6.26 Å². The zero-order valence-electron chi connectivity index (χ0n) is 18.0. The van der Waals surface area contributed by atoms with Crippen molar-refractivity contribution in [3.8, 4) is 0 Å². The standard InChI is InChI=1S/C22H29N5O3/c1-22(2,3)13-27-17-10-9-16(24-19(17)25(4)21(27)29)14-5-7-15(8-6-14)26-11-12-30-20(26)18(23)28/h5,9-12,15,20H,6-8,13H2,1-4H3,(H2,23,28). The van der Waals surface area contributed by atoms with Gasteiger partial charge < -0.3 is 15.4 Å². The van der Waals surface area contributed by atoms with Crippen LogP contribution in [0.4, 0.5) is 0 Å². The number of primary amides is 1. The molecule has 0 saturated carbocycles. The molecule has 3 heterocycles. The number of ether oxygens (including phenoxy) is 1. The molecule has 0 saturated heterocycles.